The second-order valence-electron chi connectivity index (χ2n) is 5.05. The molecule has 4 N–H and O–H groups in total. The fourth-order valence-corrected chi connectivity index (χ4v) is 2.23. The van der Waals surface area contributed by atoms with Gasteiger partial charge in [0.05, 0.1) is 6.10 Å². The zero-order chi connectivity index (χ0) is 12.4. The van der Waals surface area contributed by atoms with Gasteiger partial charge in [-0.1, -0.05) is 13.8 Å². The van der Waals surface area contributed by atoms with Crippen molar-refractivity contribution in [3.63, 3.8) is 0 Å². The van der Waals surface area contributed by atoms with Gasteiger partial charge >= 0.3 is 0 Å². The molecule has 0 spiro atoms. The van der Waals surface area contributed by atoms with Gasteiger partial charge in [-0.2, -0.15) is 0 Å². The second-order valence-corrected chi connectivity index (χ2v) is 5.05. The van der Waals surface area contributed by atoms with Gasteiger partial charge in [0.2, 0.25) is 0 Å². The van der Waals surface area contributed by atoms with Crippen LogP contribution in [0.25, 0.3) is 0 Å². The molecule has 1 saturated carbocycles. The molecule has 5 heteroatoms. The lowest BCUT2D eigenvalue weighted by molar-refractivity contribution is 0.0486. The molecule has 1 fully saturated rings. The summed E-state index contributed by atoms with van der Waals surface area (Å²) in [7, 11) is 0. The molecule has 1 heterocycles. The Morgan fingerprint density at radius 3 is 2.76 bits per heavy atom. The average molecular weight is 236 g/mol. The minimum absolute atomic E-state index is 0.109. The molecule has 94 valence electrons. The first-order valence-electron chi connectivity index (χ1n) is 6.10. The Kier molecular flexibility index (Phi) is 3.47. The van der Waals surface area contributed by atoms with E-state index in [1.54, 1.807) is 0 Å². The molecule has 2 rings (SSSR count). The van der Waals surface area contributed by atoms with Crippen LogP contribution in [0.4, 0.5) is 11.6 Å². The predicted molar refractivity (Wildman–Crippen MR) is 67.8 cm³/mol. The number of nitrogens with zero attached hydrogens (tertiary/aromatic N) is 2. The van der Waals surface area contributed by atoms with Crippen molar-refractivity contribution in [3.05, 3.63) is 11.9 Å². The van der Waals surface area contributed by atoms with Crippen LogP contribution in [0, 0.1) is 5.92 Å². The van der Waals surface area contributed by atoms with Crippen molar-refractivity contribution in [1.29, 1.82) is 0 Å². The van der Waals surface area contributed by atoms with Crippen LogP contribution >= 0.6 is 0 Å². The van der Waals surface area contributed by atoms with Crippen molar-refractivity contribution < 1.29 is 5.11 Å². The van der Waals surface area contributed by atoms with Gasteiger partial charge in [-0.25, -0.2) is 9.97 Å². The summed E-state index contributed by atoms with van der Waals surface area (Å²) in [6, 6.07) is 0. The first-order chi connectivity index (χ1) is 8.08. The van der Waals surface area contributed by atoms with Crippen LogP contribution in [0.1, 0.15) is 38.2 Å². The standard InChI is InChI=1S/C12H20N4O/c1-7(2)10-11(13)15-6-16-12(10)14-5-8-3-9(17)4-8/h6-9,17H,3-5H2,1-2H3,(H3,13,14,15,16). The Labute approximate surface area is 101 Å². The molecule has 0 unspecified atom stereocenters. The van der Waals surface area contributed by atoms with Crippen LogP contribution in [0.2, 0.25) is 0 Å². The van der Waals surface area contributed by atoms with E-state index in [0.717, 1.165) is 30.8 Å². The van der Waals surface area contributed by atoms with Crippen LogP contribution in [0.3, 0.4) is 0 Å². The maximum atomic E-state index is 9.23. The summed E-state index contributed by atoms with van der Waals surface area (Å²) in [5.41, 5.74) is 6.85. The molecule has 1 aromatic heterocycles. The lowest BCUT2D eigenvalue weighted by Gasteiger charge is -2.31. The highest BCUT2D eigenvalue weighted by molar-refractivity contribution is 5.56. The molecule has 0 aliphatic heterocycles. The highest BCUT2D eigenvalue weighted by atomic mass is 16.3. The summed E-state index contributed by atoms with van der Waals surface area (Å²) < 4.78 is 0. The quantitative estimate of drug-likeness (QED) is 0.735. The molecule has 0 radical (unpaired) electrons. The second kappa shape index (κ2) is 4.87. The molecule has 5 nitrogen and oxygen atoms in total. The van der Waals surface area contributed by atoms with Gasteiger partial charge in [-0.3, -0.25) is 0 Å². The Morgan fingerprint density at radius 2 is 2.18 bits per heavy atom. The van der Waals surface area contributed by atoms with Crippen molar-refractivity contribution in [2.45, 2.75) is 38.7 Å². The van der Waals surface area contributed by atoms with Crippen molar-refractivity contribution in [2.24, 2.45) is 5.92 Å². The normalized spacial score (nSPS) is 23.5. The van der Waals surface area contributed by atoms with Crippen molar-refractivity contribution >= 4 is 11.6 Å². The van der Waals surface area contributed by atoms with Gasteiger partial charge in [-0.15, -0.1) is 0 Å². The Hall–Kier alpha value is -1.36. The number of anilines is 2. The van der Waals surface area contributed by atoms with E-state index in [0.29, 0.717) is 17.7 Å². The zero-order valence-electron chi connectivity index (χ0n) is 10.3. The van der Waals surface area contributed by atoms with Gasteiger partial charge in [0.1, 0.15) is 18.0 Å². The van der Waals surface area contributed by atoms with Crippen molar-refractivity contribution in [3.8, 4) is 0 Å². The van der Waals surface area contributed by atoms with Crippen LogP contribution in [0.5, 0.6) is 0 Å². The van der Waals surface area contributed by atoms with Gasteiger partial charge in [0.15, 0.2) is 0 Å². The molecule has 0 bridgehead atoms. The third-order valence-corrected chi connectivity index (χ3v) is 3.26. The van der Waals surface area contributed by atoms with E-state index in [2.05, 4.69) is 29.1 Å². The van der Waals surface area contributed by atoms with Crippen LogP contribution < -0.4 is 11.1 Å². The third kappa shape index (κ3) is 2.66. The highest BCUT2D eigenvalue weighted by Gasteiger charge is 2.27. The summed E-state index contributed by atoms with van der Waals surface area (Å²) >= 11 is 0. The summed E-state index contributed by atoms with van der Waals surface area (Å²) in [5.74, 6) is 2.21. The molecule has 0 atom stereocenters. The number of hydrogen-bond acceptors (Lipinski definition) is 5. The van der Waals surface area contributed by atoms with E-state index in [9.17, 15) is 5.11 Å². The first-order valence-corrected chi connectivity index (χ1v) is 6.10. The zero-order valence-corrected chi connectivity index (χ0v) is 10.3. The van der Waals surface area contributed by atoms with E-state index in [1.165, 1.54) is 6.33 Å². The fourth-order valence-electron chi connectivity index (χ4n) is 2.23. The molecule has 0 aromatic carbocycles. The Balaban J connectivity index is 2.02. The fraction of sp³-hybridized carbons (Fsp3) is 0.667. The number of nitrogen functional groups attached to an aromatic ring is 1. The number of rotatable bonds is 4. The van der Waals surface area contributed by atoms with E-state index in [4.69, 9.17) is 5.73 Å². The monoisotopic (exact) mass is 236 g/mol. The number of aromatic nitrogens is 2. The van der Waals surface area contributed by atoms with Crippen molar-refractivity contribution in [1.82, 2.24) is 9.97 Å². The minimum Gasteiger partial charge on any atom is -0.393 e. The largest absolute Gasteiger partial charge is 0.393 e. The van der Waals surface area contributed by atoms with Crippen molar-refractivity contribution in [2.75, 3.05) is 17.6 Å². The summed E-state index contributed by atoms with van der Waals surface area (Å²) in [6.07, 6.45) is 3.13. The lowest BCUT2D eigenvalue weighted by atomic mass is 9.82. The maximum Gasteiger partial charge on any atom is 0.134 e. The number of aliphatic hydroxyl groups excluding tert-OH is 1. The molecule has 1 aliphatic rings. The van der Waals surface area contributed by atoms with E-state index in [1.807, 2.05) is 0 Å². The predicted octanol–water partition coefficient (Wildman–Crippen LogP) is 1.36. The lowest BCUT2D eigenvalue weighted by Crippen LogP contribution is -2.33. The molecular weight excluding hydrogens is 216 g/mol. The van der Waals surface area contributed by atoms with E-state index < -0.39 is 0 Å². The first kappa shape index (κ1) is 12.1. The van der Waals surface area contributed by atoms with E-state index >= 15 is 0 Å². The molecule has 0 saturated heterocycles. The molecular formula is C12H20N4O. The third-order valence-electron chi connectivity index (χ3n) is 3.26. The number of nitrogens with one attached hydrogen (secondary N) is 1. The van der Waals surface area contributed by atoms with E-state index in [-0.39, 0.29) is 6.10 Å². The SMILES string of the molecule is CC(C)c1c(N)ncnc1NCC1CC(O)C1. The highest BCUT2D eigenvalue weighted by Crippen LogP contribution is 2.30. The summed E-state index contributed by atoms with van der Waals surface area (Å²) in [5, 5.41) is 12.5. The number of nitrogens with two attached hydrogens (primary N) is 1. The van der Waals surface area contributed by atoms with Crippen LogP contribution in [0.15, 0.2) is 6.33 Å². The Morgan fingerprint density at radius 1 is 1.47 bits per heavy atom. The molecule has 1 aromatic rings. The van der Waals surface area contributed by atoms with Crippen LogP contribution in [-0.2, 0) is 0 Å². The average Bonchev–Trinajstić information content (AvgIpc) is 2.22. The summed E-state index contributed by atoms with van der Waals surface area (Å²) in [4.78, 5) is 8.27. The van der Waals surface area contributed by atoms with Gasteiger partial charge < -0.3 is 16.2 Å². The maximum absolute atomic E-state index is 9.23. The number of aliphatic hydroxyl groups is 1. The Bertz CT molecular complexity index is 388. The molecule has 0 amide bonds. The van der Waals surface area contributed by atoms with Gasteiger partial charge in [-0.05, 0) is 24.7 Å². The topological polar surface area (TPSA) is 84.1 Å². The van der Waals surface area contributed by atoms with Gasteiger partial charge in [0.25, 0.3) is 0 Å². The number of hydrogen-bond donors (Lipinski definition) is 3. The molecule has 17 heavy (non-hydrogen) atoms. The smallest absolute Gasteiger partial charge is 0.134 e. The minimum atomic E-state index is -0.109. The summed E-state index contributed by atoms with van der Waals surface area (Å²) in [6.45, 7) is 4.99. The van der Waals surface area contributed by atoms with Gasteiger partial charge in [0, 0.05) is 12.1 Å². The molecule has 1 aliphatic carbocycles. The van der Waals surface area contributed by atoms with Crippen LogP contribution in [-0.4, -0.2) is 27.7 Å².